The maximum absolute atomic E-state index is 12.0. The van der Waals surface area contributed by atoms with Gasteiger partial charge in [0, 0.05) is 24.7 Å². The first-order valence-corrected chi connectivity index (χ1v) is 6.41. The van der Waals surface area contributed by atoms with Crippen molar-refractivity contribution in [2.75, 3.05) is 5.32 Å². The smallest absolute Gasteiger partial charge is 0.276 e. The molecule has 3 heterocycles. The number of amides is 1. The molecule has 0 aliphatic rings. The average molecular weight is 274 g/mol. The molecule has 0 saturated heterocycles. The van der Waals surface area contributed by atoms with Gasteiger partial charge in [-0.1, -0.05) is 0 Å². The molecule has 1 N–H and O–H groups in total. The van der Waals surface area contributed by atoms with Gasteiger partial charge in [0.25, 0.3) is 5.91 Å². The van der Waals surface area contributed by atoms with Gasteiger partial charge in [-0.05, 0) is 12.1 Å². The van der Waals surface area contributed by atoms with E-state index in [1.165, 1.54) is 11.3 Å². The third-order valence-electron chi connectivity index (χ3n) is 2.42. The highest BCUT2D eigenvalue weighted by atomic mass is 32.1. The van der Waals surface area contributed by atoms with Crippen LogP contribution in [0.3, 0.4) is 0 Å². The molecule has 0 radical (unpaired) electrons. The fraction of sp³-hybridized carbons (Fsp3) is 0.0833. The maximum atomic E-state index is 12.0. The molecule has 0 aliphatic carbocycles. The molecule has 0 saturated carbocycles. The van der Waals surface area contributed by atoms with Crippen LogP contribution in [0.4, 0.5) is 5.82 Å². The van der Waals surface area contributed by atoms with Gasteiger partial charge < -0.3 is 9.73 Å². The standard InChI is InChI=1S/C12H10N4O2S/c1-16-5-4-10(15-16)14-11(17)8-7-19-12(13-8)9-3-2-6-18-9/h2-7H,1H3,(H,14,15,17). The fourth-order valence-electron chi connectivity index (χ4n) is 1.55. The van der Waals surface area contributed by atoms with Gasteiger partial charge in [0.15, 0.2) is 16.6 Å². The highest BCUT2D eigenvalue weighted by molar-refractivity contribution is 7.13. The number of hydrogen-bond acceptors (Lipinski definition) is 5. The largest absolute Gasteiger partial charge is 0.462 e. The summed E-state index contributed by atoms with van der Waals surface area (Å²) in [5.74, 6) is 0.870. The van der Waals surface area contributed by atoms with E-state index < -0.39 is 0 Å². The Morgan fingerprint density at radius 1 is 1.47 bits per heavy atom. The third kappa shape index (κ3) is 2.41. The van der Waals surface area contributed by atoms with Crippen LogP contribution in [0.5, 0.6) is 0 Å². The number of carbonyl (C=O) groups is 1. The van der Waals surface area contributed by atoms with E-state index in [4.69, 9.17) is 4.42 Å². The lowest BCUT2D eigenvalue weighted by molar-refractivity contribution is 0.102. The summed E-state index contributed by atoms with van der Waals surface area (Å²) >= 11 is 1.36. The molecule has 1 amide bonds. The van der Waals surface area contributed by atoms with Crippen molar-refractivity contribution in [1.29, 1.82) is 0 Å². The zero-order valence-corrected chi connectivity index (χ0v) is 10.8. The number of nitrogens with zero attached hydrogens (tertiary/aromatic N) is 3. The second-order valence-electron chi connectivity index (χ2n) is 3.84. The van der Waals surface area contributed by atoms with E-state index >= 15 is 0 Å². The molecule has 0 bridgehead atoms. The van der Waals surface area contributed by atoms with Crippen LogP contribution < -0.4 is 5.32 Å². The molecule has 0 unspecified atom stereocenters. The Bertz CT molecular complexity index is 699. The summed E-state index contributed by atoms with van der Waals surface area (Å²) < 4.78 is 6.85. The minimum atomic E-state index is -0.284. The second kappa shape index (κ2) is 4.69. The number of carbonyl (C=O) groups excluding carboxylic acids is 1. The Labute approximate surface area is 112 Å². The number of rotatable bonds is 3. The first-order valence-electron chi connectivity index (χ1n) is 5.53. The van der Waals surface area contributed by atoms with Gasteiger partial charge >= 0.3 is 0 Å². The Balaban J connectivity index is 1.77. The molecular weight excluding hydrogens is 264 g/mol. The number of aryl methyl sites for hydroxylation is 1. The Morgan fingerprint density at radius 2 is 2.37 bits per heavy atom. The molecule has 6 nitrogen and oxygen atoms in total. The van der Waals surface area contributed by atoms with Crippen molar-refractivity contribution >= 4 is 23.1 Å². The summed E-state index contributed by atoms with van der Waals surface area (Å²) in [6.45, 7) is 0. The van der Waals surface area contributed by atoms with Gasteiger partial charge in [0.1, 0.15) is 5.69 Å². The van der Waals surface area contributed by atoms with E-state index in [1.807, 2.05) is 0 Å². The normalized spacial score (nSPS) is 10.6. The van der Waals surface area contributed by atoms with Gasteiger partial charge in [-0.2, -0.15) is 5.10 Å². The van der Waals surface area contributed by atoms with Gasteiger partial charge in [-0.3, -0.25) is 9.48 Å². The lowest BCUT2D eigenvalue weighted by Gasteiger charge is -1.97. The quantitative estimate of drug-likeness (QED) is 0.796. The van der Waals surface area contributed by atoms with Crippen LogP contribution in [-0.4, -0.2) is 20.7 Å². The molecule has 96 valence electrons. The van der Waals surface area contributed by atoms with Gasteiger partial charge in [0.2, 0.25) is 0 Å². The van der Waals surface area contributed by atoms with Crippen molar-refractivity contribution in [1.82, 2.24) is 14.8 Å². The number of nitrogens with one attached hydrogen (secondary N) is 1. The Kier molecular flexibility index (Phi) is 2.88. The van der Waals surface area contributed by atoms with Crippen molar-refractivity contribution < 1.29 is 9.21 Å². The molecule has 3 rings (SSSR count). The molecule has 19 heavy (non-hydrogen) atoms. The summed E-state index contributed by atoms with van der Waals surface area (Å²) in [6.07, 6.45) is 3.33. The Morgan fingerprint density at radius 3 is 3.05 bits per heavy atom. The lowest BCUT2D eigenvalue weighted by Crippen LogP contribution is -2.12. The second-order valence-corrected chi connectivity index (χ2v) is 4.70. The zero-order chi connectivity index (χ0) is 13.2. The summed E-state index contributed by atoms with van der Waals surface area (Å²) in [4.78, 5) is 16.2. The van der Waals surface area contributed by atoms with Crippen LogP contribution in [0, 0.1) is 0 Å². The summed E-state index contributed by atoms with van der Waals surface area (Å²) in [5.41, 5.74) is 0.349. The molecule has 0 atom stereocenters. The molecule has 0 spiro atoms. The SMILES string of the molecule is Cn1ccc(NC(=O)c2csc(-c3ccco3)n2)n1. The van der Waals surface area contributed by atoms with Gasteiger partial charge in [-0.15, -0.1) is 11.3 Å². The van der Waals surface area contributed by atoms with Crippen molar-refractivity contribution in [2.45, 2.75) is 0 Å². The van der Waals surface area contributed by atoms with Gasteiger partial charge in [0.05, 0.1) is 6.26 Å². The maximum Gasteiger partial charge on any atom is 0.276 e. The van der Waals surface area contributed by atoms with E-state index in [0.717, 1.165) is 0 Å². The first kappa shape index (κ1) is 11.7. The van der Waals surface area contributed by atoms with Crippen LogP contribution in [-0.2, 0) is 7.05 Å². The number of aromatic nitrogens is 3. The number of furan rings is 1. The average Bonchev–Trinajstić information content (AvgIpc) is 3.08. The van der Waals surface area contributed by atoms with Crippen LogP contribution in [0.2, 0.25) is 0 Å². The van der Waals surface area contributed by atoms with Crippen LogP contribution in [0.1, 0.15) is 10.5 Å². The first-order chi connectivity index (χ1) is 9.22. The third-order valence-corrected chi connectivity index (χ3v) is 3.28. The van der Waals surface area contributed by atoms with Crippen molar-refractivity contribution in [3.05, 3.63) is 41.7 Å². The highest BCUT2D eigenvalue weighted by Gasteiger charge is 2.14. The van der Waals surface area contributed by atoms with Crippen LogP contribution in [0.25, 0.3) is 10.8 Å². The molecule has 0 aliphatic heterocycles. The van der Waals surface area contributed by atoms with Crippen molar-refractivity contribution in [3.63, 3.8) is 0 Å². The summed E-state index contributed by atoms with van der Waals surface area (Å²) in [5, 5.41) is 9.12. The Hall–Kier alpha value is -2.41. The summed E-state index contributed by atoms with van der Waals surface area (Å²) in [6, 6.07) is 5.31. The lowest BCUT2D eigenvalue weighted by atomic mass is 10.4. The molecule has 0 fully saturated rings. The van der Waals surface area contributed by atoms with E-state index in [2.05, 4.69) is 15.4 Å². The van der Waals surface area contributed by atoms with Crippen LogP contribution in [0.15, 0.2) is 40.5 Å². The molecule has 3 aromatic heterocycles. The minimum Gasteiger partial charge on any atom is -0.462 e. The minimum absolute atomic E-state index is 0.284. The predicted octanol–water partition coefficient (Wildman–Crippen LogP) is 2.39. The van der Waals surface area contributed by atoms with Crippen molar-refractivity contribution in [2.24, 2.45) is 7.05 Å². The summed E-state index contributed by atoms with van der Waals surface area (Å²) in [7, 11) is 1.79. The predicted molar refractivity (Wildman–Crippen MR) is 71.0 cm³/mol. The van der Waals surface area contributed by atoms with E-state index in [9.17, 15) is 4.79 Å². The topological polar surface area (TPSA) is 73.0 Å². The van der Waals surface area contributed by atoms with Crippen LogP contribution >= 0.6 is 11.3 Å². The fourth-order valence-corrected chi connectivity index (χ4v) is 2.32. The molecule has 7 heteroatoms. The van der Waals surface area contributed by atoms with E-state index in [1.54, 1.807) is 47.8 Å². The molecular formula is C12H10N4O2S. The molecule has 3 aromatic rings. The van der Waals surface area contributed by atoms with Crippen molar-refractivity contribution in [3.8, 4) is 10.8 Å². The van der Waals surface area contributed by atoms with E-state index in [-0.39, 0.29) is 5.91 Å². The number of hydrogen-bond donors (Lipinski definition) is 1. The number of anilines is 1. The van der Waals surface area contributed by atoms with E-state index in [0.29, 0.717) is 22.3 Å². The highest BCUT2D eigenvalue weighted by Crippen LogP contribution is 2.24. The molecule has 0 aromatic carbocycles. The van der Waals surface area contributed by atoms with Gasteiger partial charge in [-0.25, -0.2) is 4.98 Å². The number of thiazole rings is 1. The monoisotopic (exact) mass is 274 g/mol. The zero-order valence-electron chi connectivity index (χ0n) is 10.0.